The largest absolute Gasteiger partial charge is 0.339 e. The summed E-state index contributed by atoms with van der Waals surface area (Å²) in [6.07, 6.45) is 3.86. The molecule has 0 amide bonds. The van der Waals surface area contributed by atoms with Crippen LogP contribution in [0.3, 0.4) is 0 Å². The third-order valence-electron chi connectivity index (χ3n) is 2.80. The monoisotopic (exact) mass is 295 g/mol. The van der Waals surface area contributed by atoms with Crippen LogP contribution in [0, 0.1) is 5.82 Å². The van der Waals surface area contributed by atoms with E-state index >= 15 is 0 Å². The number of hydrogen-bond donors (Lipinski definition) is 1. The standard InChI is InChI=1S/C14H18FN3OS/c15-11-6-3-4-7-12(11)20-10-13-17-14(19-18-13)8-2-1-5-9-16/h3-4,6-7H,1-2,5,8-10,16H2. The summed E-state index contributed by atoms with van der Waals surface area (Å²) in [6.45, 7) is 0.717. The predicted molar refractivity (Wildman–Crippen MR) is 76.9 cm³/mol. The summed E-state index contributed by atoms with van der Waals surface area (Å²) in [7, 11) is 0. The molecule has 0 unspecified atom stereocenters. The molecule has 6 heteroatoms. The maximum absolute atomic E-state index is 13.4. The molecule has 0 atom stereocenters. The molecule has 0 saturated heterocycles. The molecule has 1 heterocycles. The van der Waals surface area contributed by atoms with E-state index in [1.54, 1.807) is 12.1 Å². The van der Waals surface area contributed by atoms with Gasteiger partial charge in [-0.3, -0.25) is 0 Å². The van der Waals surface area contributed by atoms with Crippen LogP contribution in [0.4, 0.5) is 4.39 Å². The summed E-state index contributed by atoms with van der Waals surface area (Å²) in [5.74, 6) is 1.54. The van der Waals surface area contributed by atoms with Gasteiger partial charge >= 0.3 is 0 Å². The number of aryl methyl sites for hydroxylation is 1. The van der Waals surface area contributed by atoms with Crippen molar-refractivity contribution in [3.63, 3.8) is 0 Å². The summed E-state index contributed by atoms with van der Waals surface area (Å²) in [5, 5.41) is 3.91. The predicted octanol–water partition coefficient (Wildman–Crippen LogP) is 3.17. The molecule has 2 rings (SSSR count). The zero-order valence-corrected chi connectivity index (χ0v) is 12.0. The molecular formula is C14H18FN3OS. The van der Waals surface area contributed by atoms with Crippen LogP contribution in [-0.2, 0) is 12.2 Å². The Kier molecular flexibility index (Phi) is 6.01. The van der Waals surface area contributed by atoms with Crippen LogP contribution < -0.4 is 5.73 Å². The molecule has 1 aromatic heterocycles. The number of unbranched alkanes of at least 4 members (excludes halogenated alkanes) is 2. The Hall–Kier alpha value is -1.40. The maximum atomic E-state index is 13.4. The van der Waals surface area contributed by atoms with Crippen LogP contribution >= 0.6 is 11.8 Å². The average Bonchev–Trinajstić information content (AvgIpc) is 2.91. The number of halogens is 1. The highest BCUT2D eigenvalue weighted by Crippen LogP contribution is 2.24. The van der Waals surface area contributed by atoms with Gasteiger partial charge in [-0.1, -0.05) is 23.7 Å². The Balaban J connectivity index is 1.79. The Labute approximate surface area is 121 Å². The smallest absolute Gasteiger partial charge is 0.226 e. The number of aromatic nitrogens is 2. The second-order valence-corrected chi connectivity index (χ2v) is 5.44. The zero-order valence-electron chi connectivity index (χ0n) is 11.2. The Morgan fingerprint density at radius 1 is 1.20 bits per heavy atom. The summed E-state index contributed by atoms with van der Waals surface area (Å²) >= 11 is 1.37. The van der Waals surface area contributed by atoms with Crippen LogP contribution in [0.2, 0.25) is 0 Å². The highest BCUT2D eigenvalue weighted by atomic mass is 32.2. The van der Waals surface area contributed by atoms with Crippen molar-refractivity contribution in [1.29, 1.82) is 0 Å². The molecule has 0 radical (unpaired) electrons. The van der Waals surface area contributed by atoms with Crippen LogP contribution in [-0.4, -0.2) is 16.7 Å². The Bertz CT molecular complexity index is 533. The van der Waals surface area contributed by atoms with Gasteiger partial charge in [0, 0.05) is 11.3 Å². The summed E-state index contributed by atoms with van der Waals surface area (Å²) in [4.78, 5) is 4.90. The van der Waals surface area contributed by atoms with E-state index in [9.17, 15) is 4.39 Å². The molecule has 2 N–H and O–H groups in total. The molecule has 108 valence electrons. The third-order valence-corrected chi connectivity index (χ3v) is 3.84. The lowest BCUT2D eigenvalue weighted by Gasteiger charge is -1.99. The van der Waals surface area contributed by atoms with Gasteiger partial charge in [0.2, 0.25) is 5.89 Å². The first-order valence-electron chi connectivity index (χ1n) is 6.68. The first-order valence-corrected chi connectivity index (χ1v) is 7.67. The molecule has 0 aliphatic rings. The minimum Gasteiger partial charge on any atom is -0.339 e. The second-order valence-electron chi connectivity index (χ2n) is 4.42. The van der Waals surface area contributed by atoms with E-state index < -0.39 is 0 Å². The van der Waals surface area contributed by atoms with E-state index in [1.807, 2.05) is 6.07 Å². The first-order chi connectivity index (χ1) is 9.79. The minimum absolute atomic E-state index is 0.219. The van der Waals surface area contributed by atoms with E-state index in [2.05, 4.69) is 10.1 Å². The van der Waals surface area contributed by atoms with Gasteiger partial charge in [-0.25, -0.2) is 4.39 Å². The lowest BCUT2D eigenvalue weighted by atomic mass is 10.2. The van der Waals surface area contributed by atoms with Crippen molar-refractivity contribution in [1.82, 2.24) is 10.1 Å². The van der Waals surface area contributed by atoms with Gasteiger partial charge in [0.1, 0.15) is 5.82 Å². The van der Waals surface area contributed by atoms with Crippen molar-refractivity contribution in [3.8, 4) is 0 Å². The van der Waals surface area contributed by atoms with E-state index in [4.69, 9.17) is 10.3 Å². The first kappa shape index (κ1) is 15.0. The number of hydrogen-bond acceptors (Lipinski definition) is 5. The fourth-order valence-corrected chi connectivity index (χ4v) is 2.53. The van der Waals surface area contributed by atoms with Gasteiger partial charge in [0.15, 0.2) is 5.82 Å². The van der Waals surface area contributed by atoms with Gasteiger partial charge in [-0.15, -0.1) is 11.8 Å². The number of rotatable bonds is 8. The second kappa shape index (κ2) is 8.01. The Morgan fingerprint density at radius 3 is 2.85 bits per heavy atom. The van der Waals surface area contributed by atoms with Crippen LogP contribution in [0.15, 0.2) is 33.7 Å². The SMILES string of the molecule is NCCCCCc1nc(CSc2ccccc2F)no1. The molecule has 2 aromatic rings. The summed E-state index contributed by atoms with van der Waals surface area (Å²) < 4.78 is 18.6. The van der Waals surface area contributed by atoms with Crippen molar-refractivity contribution in [2.45, 2.75) is 36.3 Å². The molecule has 20 heavy (non-hydrogen) atoms. The Morgan fingerprint density at radius 2 is 2.05 bits per heavy atom. The van der Waals surface area contributed by atoms with Gasteiger partial charge in [0.05, 0.1) is 5.75 Å². The lowest BCUT2D eigenvalue weighted by Crippen LogP contribution is -1.98. The fraction of sp³-hybridized carbons (Fsp3) is 0.429. The molecule has 1 aromatic carbocycles. The number of benzene rings is 1. The van der Waals surface area contributed by atoms with E-state index in [0.717, 1.165) is 25.7 Å². The van der Waals surface area contributed by atoms with Crippen molar-refractivity contribution in [3.05, 3.63) is 41.8 Å². The van der Waals surface area contributed by atoms with Gasteiger partial charge in [-0.05, 0) is 31.5 Å². The van der Waals surface area contributed by atoms with Gasteiger partial charge < -0.3 is 10.3 Å². The topological polar surface area (TPSA) is 64.9 Å². The van der Waals surface area contributed by atoms with Crippen LogP contribution in [0.25, 0.3) is 0 Å². The van der Waals surface area contributed by atoms with E-state index in [1.165, 1.54) is 17.8 Å². The highest BCUT2D eigenvalue weighted by Gasteiger charge is 2.08. The molecule has 4 nitrogen and oxygen atoms in total. The molecule has 0 aliphatic heterocycles. The highest BCUT2D eigenvalue weighted by molar-refractivity contribution is 7.98. The summed E-state index contributed by atoms with van der Waals surface area (Å²) in [5.41, 5.74) is 5.43. The van der Waals surface area contributed by atoms with Crippen molar-refractivity contribution < 1.29 is 8.91 Å². The minimum atomic E-state index is -0.219. The van der Waals surface area contributed by atoms with Crippen molar-refractivity contribution >= 4 is 11.8 Å². The van der Waals surface area contributed by atoms with Crippen molar-refractivity contribution in [2.24, 2.45) is 5.73 Å². The zero-order chi connectivity index (χ0) is 14.2. The molecule has 0 fully saturated rings. The van der Waals surface area contributed by atoms with Crippen molar-refractivity contribution in [2.75, 3.05) is 6.54 Å². The molecule has 0 bridgehead atoms. The average molecular weight is 295 g/mol. The molecule has 0 aliphatic carbocycles. The number of nitrogens with zero attached hydrogens (tertiary/aromatic N) is 2. The third kappa shape index (κ3) is 4.61. The van der Waals surface area contributed by atoms with E-state index in [-0.39, 0.29) is 5.82 Å². The fourth-order valence-electron chi connectivity index (χ4n) is 1.75. The lowest BCUT2D eigenvalue weighted by molar-refractivity contribution is 0.370. The molecule has 0 spiro atoms. The van der Waals surface area contributed by atoms with Crippen LogP contribution in [0.5, 0.6) is 0 Å². The number of thioether (sulfide) groups is 1. The van der Waals surface area contributed by atoms with Gasteiger partial charge in [0.25, 0.3) is 0 Å². The maximum Gasteiger partial charge on any atom is 0.226 e. The van der Waals surface area contributed by atoms with E-state index in [0.29, 0.717) is 28.9 Å². The normalized spacial score (nSPS) is 10.9. The quantitative estimate of drug-likeness (QED) is 0.598. The van der Waals surface area contributed by atoms with Gasteiger partial charge in [-0.2, -0.15) is 4.98 Å². The molecule has 0 saturated carbocycles. The molecular weight excluding hydrogens is 277 g/mol. The van der Waals surface area contributed by atoms with Crippen LogP contribution in [0.1, 0.15) is 31.0 Å². The number of nitrogens with two attached hydrogens (primary N) is 1. The summed E-state index contributed by atoms with van der Waals surface area (Å²) in [6, 6.07) is 6.67.